The number of ketones is 1. The molecule has 0 atom stereocenters. The largest absolute Gasteiger partial charge is 0.299 e. The molecule has 0 aliphatic carbocycles. The van der Waals surface area contributed by atoms with Crippen LogP contribution in [0.15, 0.2) is 60.8 Å². The Morgan fingerprint density at radius 1 is 1.10 bits per heavy atom. The highest BCUT2D eigenvalue weighted by molar-refractivity contribution is 7.92. The van der Waals surface area contributed by atoms with Crippen LogP contribution in [0.3, 0.4) is 0 Å². The number of likely N-dealkylation sites (tertiary alicyclic amines) is 1. The number of fused-ring (bicyclic) bond motifs is 1. The quantitative estimate of drug-likeness (QED) is 0.612. The van der Waals surface area contributed by atoms with Gasteiger partial charge in [0.15, 0.2) is 5.78 Å². The summed E-state index contributed by atoms with van der Waals surface area (Å²) in [6.45, 7) is 2.58. The van der Waals surface area contributed by atoms with Gasteiger partial charge in [-0.15, -0.1) is 0 Å². The standard InChI is InChI=1S/C23H25N3O3S/c1-30(28,29)25-21-8-6-18(7-9-21)23(27)19-10-12-26(13-11-19)16-17-14-20-4-2-3-5-22(20)24-15-17/h2-9,14-15,19,25H,10-13,16H2,1H3. The zero-order chi connectivity index (χ0) is 21.1. The first kappa shape index (κ1) is 20.5. The molecule has 4 rings (SSSR count). The molecule has 0 bridgehead atoms. The third-order valence-corrected chi connectivity index (χ3v) is 6.09. The number of hydrogen-bond acceptors (Lipinski definition) is 5. The Hall–Kier alpha value is -2.77. The van der Waals surface area contributed by atoms with E-state index >= 15 is 0 Å². The van der Waals surface area contributed by atoms with E-state index in [2.05, 4.69) is 26.7 Å². The normalized spacial score (nSPS) is 15.9. The predicted molar refractivity (Wildman–Crippen MR) is 119 cm³/mol. The van der Waals surface area contributed by atoms with Gasteiger partial charge in [-0.1, -0.05) is 18.2 Å². The van der Waals surface area contributed by atoms with Crippen molar-refractivity contribution in [3.63, 3.8) is 0 Å². The molecule has 1 aliphatic heterocycles. The summed E-state index contributed by atoms with van der Waals surface area (Å²) in [6, 6.07) is 17.0. The lowest BCUT2D eigenvalue weighted by atomic mass is 9.88. The monoisotopic (exact) mass is 423 g/mol. The van der Waals surface area contributed by atoms with Gasteiger partial charge in [0.1, 0.15) is 0 Å². The predicted octanol–water partition coefficient (Wildman–Crippen LogP) is 3.70. The molecule has 1 aliphatic rings. The molecule has 1 fully saturated rings. The molecule has 0 saturated carbocycles. The first-order valence-electron chi connectivity index (χ1n) is 10.1. The summed E-state index contributed by atoms with van der Waals surface area (Å²) in [7, 11) is -3.32. The van der Waals surface area contributed by atoms with E-state index in [-0.39, 0.29) is 11.7 Å². The second-order valence-corrected chi connectivity index (χ2v) is 9.65. The molecule has 7 heteroatoms. The van der Waals surface area contributed by atoms with E-state index < -0.39 is 10.0 Å². The highest BCUT2D eigenvalue weighted by Crippen LogP contribution is 2.24. The van der Waals surface area contributed by atoms with E-state index in [0.29, 0.717) is 11.3 Å². The zero-order valence-electron chi connectivity index (χ0n) is 16.9. The number of hydrogen-bond donors (Lipinski definition) is 1. The lowest BCUT2D eigenvalue weighted by Crippen LogP contribution is -2.36. The number of benzene rings is 2. The molecule has 30 heavy (non-hydrogen) atoms. The molecule has 2 heterocycles. The summed E-state index contributed by atoms with van der Waals surface area (Å²) in [4.78, 5) is 19.7. The van der Waals surface area contributed by atoms with Crippen LogP contribution in [0.25, 0.3) is 10.9 Å². The van der Waals surface area contributed by atoms with Crippen molar-refractivity contribution in [1.82, 2.24) is 9.88 Å². The molecule has 0 spiro atoms. The van der Waals surface area contributed by atoms with Gasteiger partial charge in [-0.2, -0.15) is 0 Å². The second-order valence-electron chi connectivity index (χ2n) is 7.90. The number of sulfonamides is 1. The Kier molecular flexibility index (Phi) is 5.83. The summed E-state index contributed by atoms with van der Waals surface area (Å²) in [5.74, 6) is 0.137. The van der Waals surface area contributed by atoms with Crippen LogP contribution in [0.1, 0.15) is 28.8 Å². The summed E-state index contributed by atoms with van der Waals surface area (Å²) in [6.07, 6.45) is 4.69. The Labute approximate surface area is 177 Å². The lowest BCUT2D eigenvalue weighted by Gasteiger charge is -2.31. The highest BCUT2D eigenvalue weighted by Gasteiger charge is 2.26. The van der Waals surface area contributed by atoms with Crippen LogP contribution >= 0.6 is 0 Å². The molecule has 156 valence electrons. The van der Waals surface area contributed by atoms with E-state index in [1.165, 1.54) is 5.56 Å². The third kappa shape index (κ3) is 5.04. The van der Waals surface area contributed by atoms with Gasteiger partial charge in [0.25, 0.3) is 0 Å². The number of Topliss-reactive ketones (excluding diaryl/α,β-unsaturated/α-hetero) is 1. The van der Waals surface area contributed by atoms with Crippen LogP contribution in [-0.2, 0) is 16.6 Å². The van der Waals surface area contributed by atoms with E-state index in [1.807, 2.05) is 24.4 Å². The topological polar surface area (TPSA) is 79.4 Å². The fourth-order valence-corrected chi connectivity index (χ4v) is 4.53. The summed E-state index contributed by atoms with van der Waals surface area (Å²) < 4.78 is 25.0. The van der Waals surface area contributed by atoms with E-state index in [4.69, 9.17) is 0 Å². The number of aromatic nitrogens is 1. The lowest BCUT2D eigenvalue weighted by molar-refractivity contribution is 0.0835. The maximum Gasteiger partial charge on any atom is 0.229 e. The molecule has 0 unspecified atom stereocenters. The average molecular weight is 424 g/mol. The van der Waals surface area contributed by atoms with Crippen molar-refractivity contribution < 1.29 is 13.2 Å². The molecular weight excluding hydrogens is 398 g/mol. The highest BCUT2D eigenvalue weighted by atomic mass is 32.2. The van der Waals surface area contributed by atoms with Crippen LogP contribution in [0.2, 0.25) is 0 Å². The molecule has 0 amide bonds. The first-order valence-corrected chi connectivity index (χ1v) is 11.9. The second kappa shape index (κ2) is 8.53. The smallest absolute Gasteiger partial charge is 0.229 e. The SMILES string of the molecule is CS(=O)(=O)Nc1ccc(C(=O)C2CCN(Cc3cnc4ccccc4c3)CC2)cc1. The fraction of sp³-hybridized carbons (Fsp3) is 0.304. The van der Waals surface area contributed by atoms with E-state index in [9.17, 15) is 13.2 Å². The first-order chi connectivity index (χ1) is 14.4. The van der Waals surface area contributed by atoms with Gasteiger partial charge in [0, 0.05) is 35.3 Å². The van der Waals surface area contributed by atoms with Crippen molar-refractivity contribution in [1.29, 1.82) is 0 Å². The van der Waals surface area contributed by atoms with E-state index in [0.717, 1.165) is 49.6 Å². The van der Waals surface area contributed by atoms with Gasteiger partial charge in [-0.25, -0.2) is 8.42 Å². The van der Waals surface area contributed by atoms with Crippen molar-refractivity contribution >= 4 is 32.4 Å². The molecule has 6 nitrogen and oxygen atoms in total. The third-order valence-electron chi connectivity index (χ3n) is 5.48. The van der Waals surface area contributed by atoms with Crippen molar-refractivity contribution in [2.75, 3.05) is 24.1 Å². The molecule has 2 aromatic carbocycles. The number of piperidine rings is 1. The number of pyridine rings is 1. The van der Waals surface area contributed by atoms with Crippen molar-refractivity contribution in [3.05, 3.63) is 71.9 Å². The maximum atomic E-state index is 12.8. The Bertz CT molecular complexity index is 1150. The van der Waals surface area contributed by atoms with Gasteiger partial charge in [0.2, 0.25) is 10.0 Å². The molecule has 3 aromatic rings. The average Bonchev–Trinajstić information content (AvgIpc) is 2.73. The number of anilines is 1. The number of nitrogens with one attached hydrogen (secondary N) is 1. The van der Waals surface area contributed by atoms with Gasteiger partial charge < -0.3 is 0 Å². The molecule has 1 saturated heterocycles. The zero-order valence-corrected chi connectivity index (χ0v) is 17.7. The molecule has 1 N–H and O–H groups in total. The summed E-state index contributed by atoms with van der Waals surface area (Å²) in [5, 5.41) is 1.15. The summed E-state index contributed by atoms with van der Waals surface area (Å²) >= 11 is 0. The molecule has 0 radical (unpaired) electrons. The fourth-order valence-electron chi connectivity index (χ4n) is 3.97. The van der Waals surface area contributed by atoms with Crippen molar-refractivity contribution in [3.8, 4) is 0 Å². The summed E-state index contributed by atoms with van der Waals surface area (Å²) in [5.41, 5.74) is 3.29. The Morgan fingerprint density at radius 3 is 2.50 bits per heavy atom. The van der Waals surface area contributed by atoms with Crippen molar-refractivity contribution in [2.45, 2.75) is 19.4 Å². The number of para-hydroxylation sites is 1. The number of nitrogens with zero attached hydrogens (tertiary/aromatic N) is 2. The van der Waals surface area contributed by atoms with Crippen LogP contribution in [0.4, 0.5) is 5.69 Å². The van der Waals surface area contributed by atoms with Gasteiger partial charge >= 0.3 is 0 Å². The minimum Gasteiger partial charge on any atom is -0.299 e. The van der Waals surface area contributed by atoms with Crippen LogP contribution in [0.5, 0.6) is 0 Å². The van der Waals surface area contributed by atoms with Crippen LogP contribution in [-0.4, -0.2) is 43.4 Å². The number of carbonyl (C=O) groups excluding carboxylic acids is 1. The van der Waals surface area contributed by atoms with E-state index in [1.54, 1.807) is 24.3 Å². The Balaban J connectivity index is 1.33. The van der Waals surface area contributed by atoms with Gasteiger partial charge in [-0.05, 0) is 67.9 Å². The minimum absolute atomic E-state index is 0.00435. The Morgan fingerprint density at radius 2 is 1.80 bits per heavy atom. The van der Waals surface area contributed by atoms with Crippen LogP contribution < -0.4 is 4.72 Å². The van der Waals surface area contributed by atoms with Crippen molar-refractivity contribution in [2.24, 2.45) is 5.92 Å². The maximum absolute atomic E-state index is 12.8. The number of rotatable bonds is 6. The van der Waals surface area contributed by atoms with Gasteiger partial charge in [-0.3, -0.25) is 19.4 Å². The molecular formula is C23H25N3O3S. The minimum atomic E-state index is -3.32. The molecule has 1 aromatic heterocycles. The van der Waals surface area contributed by atoms with Crippen LogP contribution in [0, 0.1) is 5.92 Å². The van der Waals surface area contributed by atoms with Gasteiger partial charge in [0.05, 0.1) is 11.8 Å². The number of carbonyl (C=O) groups is 1.